The van der Waals surface area contributed by atoms with Gasteiger partial charge in [-0.3, -0.25) is 13.7 Å². The summed E-state index contributed by atoms with van der Waals surface area (Å²) in [4.78, 5) is 0. The van der Waals surface area contributed by atoms with Crippen LogP contribution in [-0.2, 0) is 70.1 Å². The number of hydrogen-bond acceptors (Lipinski definition) is 10. The Morgan fingerprint density at radius 1 is 0.312 bits per heavy atom. The maximum absolute atomic E-state index is 13.8. The number of halogens is 8. The molecule has 0 atom stereocenters. The van der Waals surface area contributed by atoms with Gasteiger partial charge < -0.3 is 31.7 Å². The maximum Gasteiger partial charge on any atom is 0.335 e. The Hall–Kier alpha value is 2.96. The third-order valence-electron chi connectivity index (χ3n) is 9.20. The molecule has 10 nitrogen and oxygen atoms in total. The minimum atomic E-state index is -3.43. The second kappa shape index (κ2) is 33.6. The average molecular weight is 1500 g/mol. The smallest absolute Gasteiger partial charge is 0.324 e. The lowest BCUT2D eigenvalue weighted by molar-refractivity contribution is 0.197. The highest BCUT2D eigenvalue weighted by atomic mass is 79.9. The van der Waals surface area contributed by atoms with E-state index in [1.807, 2.05) is 0 Å². The first-order valence-corrected chi connectivity index (χ1v) is 36.2. The van der Waals surface area contributed by atoms with Crippen LogP contribution in [0, 0.1) is 0 Å². The summed E-state index contributed by atoms with van der Waals surface area (Å²) in [5, 5.41) is 0. The molecule has 0 radical (unpaired) electrons. The number of rotatable bonds is 32. The molecule has 0 saturated heterocycles. The van der Waals surface area contributed by atoms with Crippen molar-refractivity contribution in [1.29, 1.82) is 0 Å². The molecule has 2 aromatic carbocycles. The summed E-state index contributed by atoms with van der Waals surface area (Å²) >= 11 is 29.1. The van der Waals surface area contributed by atoms with Gasteiger partial charge in [0.2, 0.25) is 0 Å². The van der Waals surface area contributed by atoms with Crippen molar-refractivity contribution in [2.24, 2.45) is 0 Å². The van der Waals surface area contributed by atoms with Crippen LogP contribution in [0.3, 0.4) is 0 Å². The Morgan fingerprint density at radius 2 is 0.500 bits per heavy atom. The zero-order valence-corrected chi connectivity index (χ0v) is 54.7. The van der Waals surface area contributed by atoms with Crippen LogP contribution >= 0.6 is 157 Å². The summed E-state index contributed by atoms with van der Waals surface area (Å²) in [6, 6.07) is 0. The predicted molar refractivity (Wildman–Crippen MR) is 297 cm³/mol. The second-order valence-corrected chi connectivity index (χ2v) is 31.6. The molecular weight excluding hydrogens is 1430 g/mol. The van der Waals surface area contributed by atoms with E-state index in [0.29, 0.717) is 61.4 Å². The molecule has 22 heteroatoms. The highest BCUT2D eigenvalue weighted by Crippen LogP contribution is 2.60. The third kappa shape index (κ3) is 23.2. The minimum absolute atomic E-state index is 0.0676. The van der Waals surface area contributed by atoms with Gasteiger partial charge in [0.05, 0.1) is 65.3 Å². The molecule has 0 N–H and O–H groups in total. The summed E-state index contributed by atoms with van der Waals surface area (Å²) in [5.74, 6) is 0. The summed E-state index contributed by atoms with van der Waals surface area (Å²) in [7, 11) is -12.5. The molecule has 0 saturated carbocycles. The average Bonchev–Trinajstić information content (AvgIpc) is 3.23. The largest absolute Gasteiger partial charge is 0.335 e. The quantitative estimate of drug-likeness (QED) is 0.0303. The first-order valence-electron chi connectivity index (χ1n) is 21.9. The molecule has 64 heavy (non-hydrogen) atoms. The molecule has 2 aromatic rings. The van der Waals surface area contributed by atoms with E-state index in [4.69, 9.17) is 27.1 Å². The maximum atomic E-state index is 13.8. The van der Waals surface area contributed by atoms with E-state index in [1.54, 1.807) is 13.3 Å². The third-order valence-corrected chi connectivity index (χ3v) is 25.0. The molecular formula is C42H68Br8O10P4. The first-order chi connectivity index (χ1) is 30.0. The monoisotopic (exact) mass is 1490 g/mol. The van der Waals surface area contributed by atoms with Crippen molar-refractivity contribution in [3.8, 4) is 0 Å². The van der Waals surface area contributed by atoms with E-state index in [2.05, 4.69) is 169 Å². The standard InChI is InChI=1S/C24H40Br4O6P2.C18H28Br4O4P2/c1-5-9-13-31-35(29,32-14-10-6-2)17-19-21(25)20(23(27)24(28)22(19)26)18-36(30,33-15-11-7-3)34-16-12-8-4;1-5-7-9-25-28(24,26-10-8-6-2)12-14-17(21)15(19)13(11-27(3,4)23)16(20)18(14)22/h5-18H2,1-4H3;5-12H2,1-4H3. The van der Waals surface area contributed by atoms with Crippen LogP contribution in [0.25, 0.3) is 0 Å². The summed E-state index contributed by atoms with van der Waals surface area (Å²) in [6.45, 7) is 18.2. The van der Waals surface area contributed by atoms with Gasteiger partial charge in [-0.2, -0.15) is 0 Å². The van der Waals surface area contributed by atoms with Gasteiger partial charge in [0, 0.05) is 41.9 Å². The fourth-order valence-corrected chi connectivity index (χ4v) is 19.5. The number of unbranched alkanes of at least 4 members (excludes halogenated alkanes) is 6. The van der Waals surface area contributed by atoms with Crippen molar-refractivity contribution in [2.45, 2.75) is 143 Å². The molecule has 372 valence electrons. The topological polar surface area (TPSA) is 124 Å². The van der Waals surface area contributed by atoms with E-state index in [9.17, 15) is 18.3 Å². The molecule has 0 amide bonds. The molecule has 0 unspecified atom stereocenters. The number of benzene rings is 2. The van der Waals surface area contributed by atoms with E-state index in [1.165, 1.54) is 0 Å². The summed E-state index contributed by atoms with van der Waals surface area (Å²) < 4.78 is 94.1. The van der Waals surface area contributed by atoms with Crippen molar-refractivity contribution in [1.82, 2.24) is 0 Å². The summed E-state index contributed by atoms with van der Waals surface area (Å²) in [6.07, 6.45) is 11.2. The molecule has 0 aromatic heterocycles. The fourth-order valence-electron chi connectivity index (χ4n) is 5.45. The van der Waals surface area contributed by atoms with E-state index in [-0.39, 0.29) is 18.5 Å². The van der Waals surface area contributed by atoms with Crippen LogP contribution in [0.4, 0.5) is 0 Å². The van der Waals surface area contributed by atoms with Gasteiger partial charge in [-0.1, -0.05) is 96.0 Å². The Labute approximate surface area is 452 Å². The van der Waals surface area contributed by atoms with Crippen LogP contribution in [0.1, 0.15) is 141 Å². The van der Waals surface area contributed by atoms with E-state index >= 15 is 0 Å². The van der Waals surface area contributed by atoms with E-state index in [0.717, 1.165) is 119 Å². The molecule has 0 fully saturated rings. The zero-order chi connectivity index (χ0) is 48.7. The van der Waals surface area contributed by atoms with Crippen LogP contribution in [0.15, 0.2) is 35.8 Å². The van der Waals surface area contributed by atoms with Crippen molar-refractivity contribution in [3.63, 3.8) is 0 Å². The Bertz CT molecular complexity index is 1800. The van der Waals surface area contributed by atoms with Crippen LogP contribution < -0.4 is 0 Å². The zero-order valence-electron chi connectivity index (χ0n) is 38.5. The van der Waals surface area contributed by atoms with Crippen molar-refractivity contribution >= 4 is 157 Å². The van der Waals surface area contributed by atoms with Gasteiger partial charge in [-0.05, 0) is 186 Å². The van der Waals surface area contributed by atoms with Crippen LogP contribution in [-0.4, -0.2) is 53.0 Å². The van der Waals surface area contributed by atoms with Gasteiger partial charge in [-0.25, -0.2) is 0 Å². The molecule has 0 aliphatic carbocycles. The Morgan fingerprint density at radius 3 is 0.703 bits per heavy atom. The molecule has 2 rings (SSSR count). The summed E-state index contributed by atoms with van der Waals surface area (Å²) in [5.41, 5.74) is 3.13. The Balaban J connectivity index is 0.000000660. The van der Waals surface area contributed by atoms with Gasteiger partial charge in [-0.15, -0.1) is 0 Å². The second-order valence-electron chi connectivity index (χ2n) is 15.6. The van der Waals surface area contributed by atoms with E-state index < -0.39 is 29.9 Å². The number of hydrogen-bond donors (Lipinski definition) is 0. The minimum Gasteiger partial charge on any atom is -0.324 e. The van der Waals surface area contributed by atoms with Crippen molar-refractivity contribution < 1.29 is 45.4 Å². The van der Waals surface area contributed by atoms with Crippen molar-refractivity contribution in [3.05, 3.63) is 58.0 Å². The van der Waals surface area contributed by atoms with Gasteiger partial charge in [0.1, 0.15) is 0 Å². The van der Waals surface area contributed by atoms with Crippen LogP contribution in [0.2, 0.25) is 0 Å². The molecule has 0 spiro atoms. The lowest BCUT2D eigenvalue weighted by atomic mass is 10.1. The van der Waals surface area contributed by atoms with Gasteiger partial charge in [0.15, 0.2) is 0 Å². The molecule has 0 heterocycles. The first kappa shape index (κ1) is 65.0. The van der Waals surface area contributed by atoms with Crippen LogP contribution in [0.5, 0.6) is 0 Å². The SMILES string of the molecule is CCCCOP(=O)(Cc1c(Br)c(Br)c(Br)c(CP(=O)(OCCCC)OCCCC)c1Br)OCCCC.CCCCOP(=O)(Cc1c(Br)c(Br)c(CP(C)(C)=O)c(Br)c1Br)OCCCC. The fraction of sp³-hybridized carbons (Fsp3) is 0.714. The highest BCUT2D eigenvalue weighted by molar-refractivity contribution is 9.15. The predicted octanol–water partition coefficient (Wildman–Crippen LogP) is 20.6. The Kier molecular flexibility index (Phi) is 34.2. The lowest BCUT2D eigenvalue weighted by Gasteiger charge is -2.24. The molecule has 0 aliphatic heterocycles. The van der Waals surface area contributed by atoms with Crippen molar-refractivity contribution in [2.75, 3.05) is 53.0 Å². The molecule has 0 aliphatic rings. The lowest BCUT2D eigenvalue weighted by Crippen LogP contribution is -2.07. The normalized spacial score (nSPS) is 12.5. The van der Waals surface area contributed by atoms with Gasteiger partial charge >= 0.3 is 22.8 Å². The highest BCUT2D eigenvalue weighted by Gasteiger charge is 2.34. The van der Waals surface area contributed by atoms with Gasteiger partial charge in [0.25, 0.3) is 0 Å². The molecule has 0 bridgehead atoms.